The van der Waals surface area contributed by atoms with Gasteiger partial charge in [-0.3, -0.25) is 0 Å². The van der Waals surface area contributed by atoms with Gasteiger partial charge in [-0.2, -0.15) is 0 Å². The Balaban J connectivity index is 2.32. The predicted molar refractivity (Wildman–Crippen MR) is 41.8 cm³/mol. The third-order valence-electron chi connectivity index (χ3n) is 1.97. The molecule has 1 heterocycles. The second kappa shape index (κ2) is 3.74. The summed E-state index contributed by atoms with van der Waals surface area (Å²) in [6.07, 6.45) is 4.60. The molecule has 2 nitrogen and oxygen atoms in total. The van der Waals surface area contributed by atoms with E-state index in [1.165, 1.54) is 0 Å². The Bertz CT molecular complexity index is 114. The average molecular weight is 141 g/mol. The fourth-order valence-electron chi connectivity index (χ4n) is 1.36. The van der Waals surface area contributed by atoms with Gasteiger partial charge in [-0.25, -0.2) is 0 Å². The first kappa shape index (κ1) is 7.76. The molecule has 1 fully saturated rings. The van der Waals surface area contributed by atoms with Gasteiger partial charge in [-0.15, -0.1) is 6.58 Å². The Labute approximate surface area is 61.9 Å². The third-order valence-corrected chi connectivity index (χ3v) is 1.97. The van der Waals surface area contributed by atoms with Crippen molar-refractivity contribution in [2.24, 2.45) is 0 Å². The van der Waals surface area contributed by atoms with Crippen LogP contribution in [0.5, 0.6) is 0 Å². The van der Waals surface area contributed by atoms with Gasteiger partial charge < -0.3 is 10.4 Å². The summed E-state index contributed by atoms with van der Waals surface area (Å²) < 4.78 is 0. The second-order valence-corrected chi connectivity index (χ2v) is 2.79. The molecule has 10 heavy (non-hydrogen) atoms. The monoisotopic (exact) mass is 141 g/mol. The lowest BCUT2D eigenvalue weighted by atomic mass is 9.99. The number of piperidine rings is 1. The maximum Gasteiger partial charge on any atom is 0.0696 e. The molecule has 0 saturated carbocycles. The lowest BCUT2D eigenvalue weighted by Gasteiger charge is -2.27. The Morgan fingerprint density at radius 3 is 3.10 bits per heavy atom. The van der Waals surface area contributed by atoms with Crippen molar-refractivity contribution >= 4 is 0 Å². The maximum absolute atomic E-state index is 9.39. The molecule has 1 aliphatic rings. The molecule has 0 spiro atoms. The van der Waals surface area contributed by atoms with E-state index in [-0.39, 0.29) is 12.1 Å². The van der Waals surface area contributed by atoms with Crippen molar-refractivity contribution in [1.29, 1.82) is 0 Å². The normalized spacial score (nSPS) is 33.7. The number of rotatable bonds is 2. The summed E-state index contributed by atoms with van der Waals surface area (Å²) in [6.45, 7) is 4.68. The van der Waals surface area contributed by atoms with Crippen molar-refractivity contribution in [2.75, 3.05) is 6.54 Å². The van der Waals surface area contributed by atoms with Gasteiger partial charge in [0, 0.05) is 6.04 Å². The van der Waals surface area contributed by atoms with Crippen LogP contribution in [-0.4, -0.2) is 23.8 Å². The highest BCUT2D eigenvalue weighted by Crippen LogP contribution is 2.10. The van der Waals surface area contributed by atoms with E-state index in [4.69, 9.17) is 0 Å². The zero-order valence-corrected chi connectivity index (χ0v) is 6.21. The molecule has 2 heteroatoms. The minimum Gasteiger partial charge on any atom is -0.391 e. The van der Waals surface area contributed by atoms with E-state index >= 15 is 0 Å². The highest BCUT2D eigenvalue weighted by atomic mass is 16.3. The van der Waals surface area contributed by atoms with Gasteiger partial charge in [-0.1, -0.05) is 6.08 Å². The van der Waals surface area contributed by atoms with Crippen LogP contribution in [0, 0.1) is 0 Å². The molecule has 2 atom stereocenters. The molecular formula is C8H15NO. The van der Waals surface area contributed by atoms with E-state index in [1.54, 1.807) is 0 Å². The Morgan fingerprint density at radius 2 is 2.50 bits per heavy atom. The molecule has 0 amide bonds. The Morgan fingerprint density at radius 1 is 1.70 bits per heavy atom. The zero-order valence-electron chi connectivity index (χ0n) is 6.21. The predicted octanol–water partition coefficient (Wildman–Crippen LogP) is 0.675. The van der Waals surface area contributed by atoms with E-state index in [0.717, 1.165) is 25.8 Å². The molecule has 0 unspecified atom stereocenters. The Kier molecular flexibility index (Phi) is 2.90. The number of aliphatic hydroxyl groups excluding tert-OH is 1. The van der Waals surface area contributed by atoms with E-state index < -0.39 is 0 Å². The molecule has 1 aliphatic heterocycles. The molecule has 0 bridgehead atoms. The van der Waals surface area contributed by atoms with Gasteiger partial charge in [0.15, 0.2) is 0 Å². The molecule has 0 aromatic heterocycles. The average Bonchev–Trinajstić information content (AvgIpc) is 1.94. The third kappa shape index (κ3) is 1.82. The van der Waals surface area contributed by atoms with Crippen LogP contribution in [-0.2, 0) is 0 Å². The van der Waals surface area contributed by atoms with Gasteiger partial charge in [0.25, 0.3) is 0 Å². The van der Waals surface area contributed by atoms with Crippen molar-refractivity contribution in [1.82, 2.24) is 5.32 Å². The zero-order chi connectivity index (χ0) is 7.40. The largest absolute Gasteiger partial charge is 0.391 e. The highest BCUT2D eigenvalue weighted by molar-refractivity contribution is 4.86. The highest BCUT2D eigenvalue weighted by Gasteiger charge is 2.20. The first-order valence-corrected chi connectivity index (χ1v) is 3.87. The van der Waals surface area contributed by atoms with Crippen molar-refractivity contribution in [2.45, 2.75) is 31.4 Å². The molecular weight excluding hydrogens is 126 g/mol. The molecule has 2 N–H and O–H groups in total. The smallest absolute Gasteiger partial charge is 0.0696 e. The second-order valence-electron chi connectivity index (χ2n) is 2.79. The van der Waals surface area contributed by atoms with Gasteiger partial charge in [0.2, 0.25) is 0 Å². The van der Waals surface area contributed by atoms with Crippen LogP contribution in [0.4, 0.5) is 0 Å². The summed E-state index contributed by atoms with van der Waals surface area (Å²) in [5.74, 6) is 0. The lowest BCUT2D eigenvalue weighted by Crippen LogP contribution is -2.44. The number of nitrogens with one attached hydrogen (secondary N) is 1. The van der Waals surface area contributed by atoms with Crippen LogP contribution in [0.1, 0.15) is 19.3 Å². The van der Waals surface area contributed by atoms with Crippen LogP contribution in [0.3, 0.4) is 0 Å². The number of aliphatic hydroxyl groups is 1. The van der Waals surface area contributed by atoms with Gasteiger partial charge in [0.1, 0.15) is 0 Å². The summed E-state index contributed by atoms with van der Waals surface area (Å²) >= 11 is 0. The van der Waals surface area contributed by atoms with Gasteiger partial charge in [0.05, 0.1) is 6.10 Å². The quantitative estimate of drug-likeness (QED) is 0.554. The van der Waals surface area contributed by atoms with Crippen LogP contribution in [0.15, 0.2) is 12.7 Å². The number of hydrogen-bond acceptors (Lipinski definition) is 2. The van der Waals surface area contributed by atoms with Crippen molar-refractivity contribution < 1.29 is 5.11 Å². The summed E-state index contributed by atoms with van der Waals surface area (Å²) in [6, 6.07) is 0.256. The topological polar surface area (TPSA) is 32.3 Å². The maximum atomic E-state index is 9.39. The molecule has 1 rings (SSSR count). The standard InChI is InChI=1S/C8H15NO/c1-2-4-7-8(10)5-3-6-9-7/h2,7-10H,1,3-6H2/t7-,8+/m1/s1. The van der Waals surface area contributed by atoms with Crippen molar-refractivity contribution in [3.8, 4) is 0 Å². The first-order valence-electron chi connectivity index (χ1n) is 3.87. The van der Waals surface area contributed by atoms with E-state index in [9.17, 15) is 5.11 Å². The van der Waals surface area contributed by atoms with E-state index in [2.05, 4.69) is 11.9 Å². The summed E-state index contributed by atoms with van der Waals surface area (Å²) in [7, 11) is 0. The Hall–Kier alpha value is -0.340. The van der Waals surface area contributed by atoms with Crippen LogP contribution >= 0.6 is 0 Å². The van der Waals surface area contributed by atoms with E-state index in [0.29, 0.717) is 0 Å². The summed E-state index contributed by atoms with van der Waals surface area (Å²) in [4.78, 5) is 0. The summed E-state index contributed by atoms with van der Waals surface area (Å²) in [5.41, 5.74) is 0. The van der Waals surface area contributed by atoms with Crippen molar-refractivity contribution in [3.05, 3.63) is 12.7 Å². The van der Waals surface area contributed by atoms with E-state index in [1.807, 2.05) is 6.08 Å². The molecule has 0 radical (unpaired) electrons. The molecule has 58 valence electrons. The van der Waals surface area contributed by atoms with Crippen LogP contribution < -0.4 is 5.32 Å². The molecule has 1 saturated heterocycles. The fraction of sp³-hybridized carbons (Fsp3) is 0.750. The molecule has 0 aromatic rings. The SMILES string of the molecule is C=CC[C@H]1NCCC[C@@H]1O. The van der Waals surface area contributed by atoms with Crippen molar-refractivity contribution in [3.63, 3.8) is 0 Å². The van der Waals surface area contributed by atoms with Gasteiger partial charge in [-0.05, 0) is 25.8 Å². The fourth-order valence-corrected chi connectivity index (χ4v) is 1.36. The van der Waals surface area contributed by atoms with Crippen LogP contribution in [0.2, 0.25) is 0 Å². The molecule has 0 aromatic carbocycles. The summed E-state index contributed by atoms with van der Waals surface area (Å²) in [5, 5.41) is 12.6. The lowest BCUT2D eigenvalue weighted by molar-refractivity contribution is 0.0976. The molecule has 0 aliphatic carbocycles. The number of hydrogen-bond donors (Lipinski definition) is 2. The minimum atomic E-state index is -0.160. The minimum absolute atomic E-state index is 0.160. The van der Waals surface area contributed by atoms with Crippen LogP contribution in [0.25, 0.3) is 0 Å². The van der Waals surface area contributed by atoms with Gasteiger partial charge >= 0.3 is 0 Å². The first-order chi connectivity index (χ1) is 4.84.